The van der Waals surface area contributed by atoms with Crippen LogP contribution in [0.1, 0.15) is 55.1 Å². The Morgan fingerprint density at radius 3 is 2.47 bits per heavy atom. The Bertz CT molecular complexity index is 659. The number of Topliss-reactive ketones (excluding diaryl/α,β-unsaturated/α-hetero) is 1. The Morgan fingerprint density at radius 1 is 0.947 bits per heavy atom. The van der Waals surface area contributed by atoms with Gasteiger partial charge in [0.05, 0.1) is 0 Å². The van der Waals surface area contributed by atoms with Gasteiger partial charge in [0.2, 0.25) is 0 Å². The highest BCUT2D eigenvalue weighted by atomic mass is 16.1. The van der Waals surface area contributed by atoms with Crippen LogP contribution in [-0.2, 0) is 11.8 Å². The number of rotatable bonds is 0. The lowest BCUT2D eigenvalue weighted by molar-refractivity contribution is 0.0972. The summed E-state index contributed by atoms with van der Waals surface area (Å²) in [7, 11) is 0. The summed E-state index contributed by atoms with van der Waals surface area (Å²) in [4.78, 5) is 12.0. The summed E-state index contributed by atoms with van der Waals surface area (Å²) in [6, 6.07) is 10.9. The Labute approximate surface area is 114 Å². The highest BCUT2D eigenvalue weighted by molar-refractivity contribution is 6.02. The first-order valence-corrected chi connectivity index (χ1v) is 7.05. The summed E-state index contributed by atoms with van der Waals surface area (Å²) < 4.78 is 0. The molecule has 1 aliphatic carbocycles. The average Bonchev–Trinajstić information content (AvgIpc) is 2.35. The van der Waals surface area contributed by atoms with Gasteiger partial charge in [-0.2, -0.15) is 0 Å². The van der Waals surface area contributed by atoms with Gasteiger partial charge in [-0.05, 0) is 46.2 Å². The molecule has 19 heavy (non-hydrogen) atoms. The molecule has 2 aromatic rings. The van der Waals surface area contributed by atoms with Crippen LogP contribution in [0.25, 0.3) is 10.8 Å². The van der Waals surface area contributed by atoms with Crippen LogP contribution in [0.2, 0.25) is 0 Å². The molecule has 0 amide bonds. The summed E-state index contributed by atoms with van der Waals surface area (Å²) >= 11 is 0. The SMILES string of the molecule is CC(C)(C)c1ccc2cc3c(cc2c1)C(=O)CCC3. The summed E-state index contributed by atoms with van der Waals surface area (Å²) in [6.07, 6.45) is 2.74. The standard InChI is InChI=1S/C18H20O/c1-18(2,3)15-8-7-12-9-13-5-4-6-17(19)16(13)11-14(12)10-15/h7-11H,4-6H2,1-3H3. The molecule has 0 saturated heterocycles. The smallest absolute Gasteiger partial charge is 0.163 e. The van der Waals surface area contributed by atoms with Crippen LogP contribution in [0.4, 0.5) is 0 Å². The molecule has 1 heteroatoms. The fourth-order valence-electron chi connectivity index (χ4n) is 2.85. The van der Waals surface area contributed by atoms with E-state index in [0.717, 1.165) is 18.4 Å². The molecular weight excluding hydrogens is 232 g/mol. The zero-order valence-corrected chi connectivity index (χ0v) is 11.9. The first-order valence-electron chi connectivity index (χ1n) is 7.05. The predicted octanol–water partition coefficient (Wildman–Crippen LogP) is 4.66. The third-order valence-corrected chi connectivity index (χ3v) is 4.08. The van der Waals surface area contributed by atoms with Gasteiger partial charge in [0.25, 0.3) is 0 Å². The molecule has 0 spiro atoms. The van der Waals surface area contributed by atoms with Crippen molar-refractivity contribution in [1.29, 1.82) is 0 Å². The molecule has 0 aromatic heterocycles. The maximum absolute atomic E-state index is 12.0. The van der Waals surface area contributed by atoms with Gasteiger partial charge >= 0.3 is 0 Å². The Morgan fingerprint density at radius 2 is 1.74 bits per heavy atom. The van der Waals surface area contributed by atoms with Crippen molar-refractivity contribution in [3.05, 3.63) is 47.0 Å². The zero-order valence-electron chi connectivity index (χ0n) is 11.9. The quantitative estimate of drug-likeness (QED) is 0.666. The molecule has 3 rings (SSSR count). The van der Waals surface area contributed by atoms with E-state index in [1.807, 2.05) is 0 Å². The molecule has 0 N–H and O–H groups in total. The molecule has 1 nitrogen and oxygen atoms in total. The lowest BCUT2D eigenvalue weighted by atomic mass is 9.84. The third kappa shape index (κ3) is 2.18. The van der Waals surface area contributed by atoms with Crippen molar-refractivity contribution in [3.8, 4) is 0 Å². The average molecular weight is 252 g/mol. The van der Waals surface area contributed by atoms with Crippen molar-refractivity contribution in [3.63, 3.8) is 0 Å². The number of benzene rings is 2. The van der Waals surface area contributed by atoms with E-state index < -0.39 is 0 Å². The molecule has 0 atom stereocenters. The van der Waals surface area contributed by atoms with E-state index in [1.54, 1.807) is 0 Å². The van der Waals surface area contributed by atoms with E-state index in [2.05, 4.69) is 51.1 Å². The summed E-state index contributed by atoms with van der Waals surface area (Å²) in [6.45, 7) is 6.66. The number of hydrogen-bond acceptors (Lipinski definition) is 1. The van der Waals surface area contributed by atoms with E-state index in [1.165, 1.54) is 21.9 Å². The third-order valence-electron chi connectivity index (χ3n) is 4.08. The van der Waals surface area contributed by atoms with Gasteiger partial charge < -0.3 is 0 Å². The number of fused-ring (bicyclic) bond motifs is 2. The van der Waals surface area contributed by atoms with Crippen molar-refractivity contribution < 1.29 is 4.79 Å². The van der Waals surface area contributed by atoms with E-state index in [0.29, 0.717) is 12.2 Å². The van der Waals surface area contributed by atoms with Crippen molar-refractivity contribution in [2.45, 2.75) is 45.4 Å². The molecule has 0 saturated carbocycles. The van der Waals surface area contributed by atoms with Crippen LogP contribution in [0.5, 0.6) is 0 Å². The predicted molar refractivity (Wildman–Crippen MR) is 79.9 cm³/mol. The minimum atomic E-state index is 0.147. The molecule has 0 aliphatic heterocycles. The second-order valence-electron chi connectivity index (χ2n) is 6.60. The van der Waals surface area contributed by atoms with Crippen molar-refractivity contribution in [2.75, 3.05) is 0 Å². The fraction of sp³-hybridized carbons (Fsp3) is 0.389. The van der Waals surface area contributed by atoms with Gasteiger partial charge in [-0.25, -0.2) is 0 Å². The normalized spacial score (nSPS) is 15.6. The molecule has 0 radical (unpaired) electrons. The minimum absolute atomic E-state index is 0.147. The van der Waals surface area contributed by atoms with Gasteiger partial charge in [-0.3, -0.25) is 4.79 Å². The molecule has 0 fully saturated rings. The fourth-order valence-corrected chi connectivity index (χ4v) is 2.85. The molecule has 0 unspecified atom stereocenters. The molecule has 1 aliphatic rings. The molecule has 0 bridgehead atoms. The number of carbonyl (C=O) groups excluding carboxylic acids is 1. The van der Waals surface area contributed by atoms with E-state index in [9.17, 15) is 4.79 Å². The summed E-state index contributed by atoms with van der Waals surface area (Å²) in [5, 5.41) is 2.45. The number of hydrogen-bond donors (Lipinski definition) is 0. The van der Waals surface area contributed by atoms with E-state index in [4.69, 9.17) is 0 Å². The van der Waals surface area contributed by atoms with E-state index >= 15 is 0 Å². The topological polar surface area (TPSA) is 17.1 Å². The van der Waals surface area contributed by atoms with Gasteiger partial charge in [0.1, 0.15) is 0 Å². The summed E-state index contributed by atoms with van der Waals surface area (Å²) in [5.74, 6) is 0.310. The lowest BCUT2D eigenvalue weighted by Crippen LogP contribution is -2.12. The van der Waals surface area contributed by atoms with Gasteiger partial charge in [-0.1, -0.05) is 45.0 Å². The highest BCUT2D eigenvalue weighted by Crippen LogP contribution is 2.30. The second kappa shape index (κ2) is 4.19. The lowest BCUT2D eigenvalue weighted by Gasteiger charge is -2.21. The van der Waals surface area contributed by atoms with Gasteiger partial charge in [-0.15, -0.1) is 0 Å². The van der Waals surface area contributed by atoms with Crippen LogP contribution >= 0.6 is 0 Å². The van der Waals surface area contributed by atoms with Crippen molar-refractivity contribution >= 4 is 16.6 Å². The molecule has 98 valence electrons. The van der Waals surface area contributed by atoms with Gasteiger partial charge in [0, 0.05) is 12.0 Å². The van der Waals surface area contributed by atoms with Crippen molar-refractivity contribution in [2.24, 2.45) is 0 Å². The van der Waals surface area contributed by atoms with Gasteiger partial charge in [0.15, 0.2) is 5.78 Å². The van der Waals surface area contributed by atoms with Crippen LogP contribution in [0, 0.1) is 0 Å². The monoisotopic (exact) mass is 252 g/mol. The molecule has 2 aromatic carbocycles. The summed E-state index contributed by atoms with van der Waals surface area (Å²) in [5.41, 5.74) is 3.65. The second-order valence-corrected chi connectivity index (χ2v) is 6.60. The zero-order chi connectivity index (χ0) is 13.6. The first-order chi connectivity index (χ1) is 8.95. The number of aryl methyl sites for hydroxylation is 1. The van der Waals surface area contributed by atoms with Crippen LogP contribution in [-0.4, -0.2) is 5.78 Å². The Kier molecular flexibility index (Phi) is 2.74. The number of carbonyl (C=O) groups is 1. The largest absolute Gasteiger partial charge is 0.294 e. The highest BCUT2D eigenvalue weighted by Gasteiger charge is 2.19. The Hall–Kier alpha value is -1.63. The maximum Gasteiger partial charge on any atom is 0.163 e. The maximum atomic E-state index is 12.0. The Balaban J connectivity index is 2.21. The molecule has 0 heterocycles. The minimum Gasteiger partial charge on any atom is -0.294 e. The first kappa shape index (κ1) is 12.4. The van der Waals surface area contributed by atoms with E-state index in [-0.39, 0.29) is 5.41 Å². The number of ketones is 1. The molecular formula is C18H20O. The van der Waals surface area contributed by atoms with Crippen LogP contribution in [0.3, 0.4) is 0 Å². The van der Waals surface area contributed by atoms with Crippen LogP contribution in [0.15, 0.2) is 30.3 Å². The van der Waals surface area contributed by atoms with Crippen LogP contribution < -0.4 is 0 Å². The van der Waals surface area contributed by atoms with Crippen molar-refractivity contribution in [1.82, 2.24) is 0 Å².